The van der Waals surface area contributed by atoms with Gasteiger partial charge in [-0.3, -0.25) is 0 Å². The lowest BCUT2D eigenvalue weighted by Crippen LogP contribution is -2.50. The molecule has 4 aliphatic carbocycles. The van der Waals surface area contributed by atoms with Crippen LogP contribution in [-0.2, 0) is 0 Å². The quantitative estimate of drug-likeness (QED) is 0.470. The monoisotopic (exact) mass is 400 g/mol. The van der Waals surface area contributed by atoms with E-state index in [0.29, 0.717) is 10.8 Å². The molecule has 3 saturated carbocycles. The van der Waals surface area contributed by atoms with Crippen molar-refractivity contribution in [3.63, 3.8) is 0 Å². The van der Waals surface area contributed by atoms with Crippen molar-refractivity contribution in [3.8, 4) is 0 Å². The van der Waals surface area contributed by atoms with Gasteiger partial charge in [0.1, 0.15) is 0 Å². The molecule has 0 bridgehead atoms. The number of aliphatic hydroxyl groups is 1. The van der Waals surface area contributed by atoms with Gasteiger partial charge in [-0.25, -0.2) is 0 Å². The number of fused-ring (bicyclic) bond motifs is 5. The van der Waals surface area contributed by atoms with Crippen molar-refractivity contribution in [1.29, 1.82) is 0 Å². The summed E-state index contributed by atoms with van der Waals surface area (Å²) in [5, 5.41) is 10.2. The second-order valence-electron chi connectivity index (χ2n) is 12.7. The van der Waals surface area contributed by atoms with Crippen molar-refractivity contribution in [3.05, 3.63) is 11.6 Å². The summed E-state index contributed by atoms with van der Waals surface area (Å²) >= 11 is 0. The largest absolute Gasteiger partial charge is 0.393 e. The lowest BCUT2D eigenvalue weighted by Gasteiger charge is -2.58. The molecule has 9 atom stereocenters. The van der Waals surface area contributed by atoms with Gasteiger partial charge in [-0.1, -0.05) is 66.0 Å². The minimum absolute atomic E-state index is 0.0790. The van der Waals surface area contributed by atoms with Crippen LogP contribution in [0.15, 0.2) is 11.6 Å². The molecule has 3 fully saturated rings. The standard InChI is InChI=1S/C28H48O/c1-18(2)19(3)7-8-20(4)24-11-12-25-23-10-9-21-17-22(29)13-15-27(21,5)26(23)14-16-28(24,25)6/h9,18-20,22-26,29H,7-8,10-17H2,1-6H3/t19-,20-,22-,23-,24-,25-,26-,27-,28+/m0/s1. The predicted octanol–water partition coefficient (Wildman–Crippen LogP) is 7.63. The van der Waals surface area contributed by atoms with Crippen molar-refractivity contribution in [2.45, 2.75) is 112 Å². The van der Waals surface area contributed by atoms with Crippen LogP contribution in [0.3, 0.4) is 0 Å². The van der Waals surface area contributed by atoms with Gasteiger partial charge < -0.3 is 5.11 Å². The van der Waals surface area contributed by atoms with E-state index in [0.717, 1.165) is 54.3 Å². The third-order valence-corrected chi connectivity index (χ3v) is 11.1. The van der Waals surface area contributed by atoms with Crippen LogP contribution in [0.5, 0.6) is 0 Å². The molecule has 0 aromatic heterocycles. The fraction of sp³-hybridized carbons (Fsp3) is 0.929. The Kier molecular flexibility index (Phi) is 6.04. The van der Waals surface area contributed by atoms with E-state index < -0.39 is 0 Å². The molecular formula is C28H48O. The minimum Gasteiger partial charge on any atom is -0.393 e. The zero-order valence-corrected chi connectivity index (χ0v) is 20.2. The maximum Gasteiger partial charge on any atom is 0.0577 e. The van der Waals surface area contributed by atoms with Gasteiger partial charge in [-0.05, 0) is 104 Å². The van der Waals surface area contributed by atoms with Crippen LogP contribution in [0.25, 0.3) is 0 Å². The van der Waals surface area contributed by atoms with Gasteiger partial charge in [0, 0.05) is 0 Å². The van der Waals surface area contributed by atoms with Gasteiger partial charge in [-0.15, -0.1) is 0 Å². The molecular weight excluding hydrogens is 352 g/mol. The average Bonchev–Trinajstić information content (AvgIpc) is 3.03. The van der Waals surface area contributed by atoms with Crippen molar-refractivity contribution < 1.29 is 5.11 Å². The molecule has 0 aromatic carbocycles. The van der Waals surface area contributed by atoms with E-state index in [1.165, 1.54) is 51.4 Å². The molecule has 4 aliphatic rings. The highest BCUT2D eigenvalue weighted by atomic mass is 16.3. The molecule has 0 heterocycles. The van der Waals surface area contributed by atoms with E-state index in [2.05, 4.69) is 47.6 Å². The first-order chi connectivity index (χ1) is 13.7. The molecule has 0 unspecified atom stereocenters. The average molecular weight is 401 g/mol. The maximum atomic E-state index is 10.2. The van der Waals surface area contributed by atoms with Crippen LogP contribution >= 0.6 is 0 Å². The fourth-order valence-corrected chi connectivity index (χ4v) is 8.68. The Labute approximate surface area is 181 Å². The molecule has 29 heavy (non-hydrogen) atoms. The summed E-state index contributed by atoms with van der Waals surface area (Å²) in [6, 6.07) is 0. The lowest BCUT2D eigenvalue weighted by atomic mass is 9.47. The van der Waals surface area contributed by atoms with Gasteiger partial charge in [0.2, 0.25) is 0 Å². The van der Waals surface area contributed by atoms with Gasteiger partial charge in [0.25, 0.3) is 0 Å². The zero-order valence-electron chi connectivity index (χ0n) is 20.2. The first-order valence-corrected chi connectivity index (χ1v) is 13.0. The van der Waals surface area contributed by atoms with E-state index >= 15 is 0 Å². The highest BCUT2D eigenvalue weighted by Gasteiger charge is 2.59. The Morgan fingerprint density at radius 1 is 0.966 bits per heavy atom. The van der Waals surface area contributed by atoms with Crippen molar-refractivity contribution >= 4 is 0 Å². The number of rotatable bonds is 5. The van der Waals surface area contributed by atoms with Crippen LogP contribution in [-0.4, -0.2) is 11.2 Å². The smallest absolute Gasteiger partial charge is 0.0577 e. The van der Waals surface area contributed by atoms with Crippen LogP contribution in [0, 0.1) is 52.3 Å². The SMILES string of the molecule is CC(C)[C@@H](C)CC[C@H](C)[C@@H]1CC[C@H]2[C@@H]3CC=C4C[C@@H](O)CC[C@]4(C)[C@H]3CC[C@@]21C. The van der Waals surface area contributed by atoms with E-state index in [4.69, 9.17) is 0 Å². The second-order valence-corrected chi connectivity index (χ2v) is 12.7. The van der Waals surface area contributed by atoms with Crippen LogP contribution in [0.4, 0.5) is 0 Å². The molecule has 4 rings (SSSR count). The highest BCUT2D eigenvalue weighted by molar-refractivity contribution is 5.25. The van der Waals surface area contributed by atoms with Crippen LogP contribution < -0.4 is 0 Å². The Balaban J connectivity index is 1.49. The molecule has 0 aromatic rings. The summed E-state index contributed by atoms with van der Waals surface area (Å²) in [5.74, 6) is 6.24. The molecule has 0 radical (unpaired) electrons. The van der Waals surface area contributed by atoms with Gasteiger partial charge in [0.05, 0.1) is 6.10 Å². The lowest BCUT2D eigenvalue weighted by molar-refractivity contribution is -0.0574. The first-order valence-electron chi connectivity index (χ1n) is 13.0. The number of hydrogen-bond donors (Lipinski definition) is 1. The van der Waals surface area contributed by atoms with E-state index in [1.807, 2.05) is 0 Å². The number of hydrogen-bond acceptors (Lipinski definition) is 1. The topological polar surface area (TPSA) is 20.2 Å². The Morgan fingerprint density at radius 2 is 1.72 bits per heavy atom. The minimum atomic E-state index is -0.0790. The van der Waals surface area contributed by atoms with Gasteiger partial charge in [-0.2, -0.15) is 0 Å². The molecule has 1 N–H and O–H groups in total. The maximum absolute atomic E-state index is 10.2. The molecule has 0 spiro atoms. The first kappa shape index (κ1) is 21.9. The van der Waals surface area contributed by atoms with Gasteiger partial charge in [0.15, 0.2) is 0 Å². The Hall–Kier alpha value is -0.300. The number of aliphatic hydroxyl groups excluding tert-OH is 1. The summed E-state index contributed by atoms with van der Waals surface area (Å²) in [5.41, 5.74) is 2.59. The van der Waals surface area contributed by atoms with Crippen molar-refractivity contribution in [1.82, 2.24) is 0 Å². The van der Waals surface area contributed by atoms with Crippen LogP contribution in [0.1, 0.15) is 106 Å². The third kappa shape index (κ3) is 3.66. The Morgan fingerprint density at radius 3 is 2.45 bits per heavy atom. The molecule has 0 saturated heterocycles. The molecule has 1 heteroatoms. The summed E-state index contributed by atoms with van der Waals surface area (Å²) in [6.07, 6.45) is 15.7. The second kappa shape index (κ2) is 7.99. The molecule has 1 nitrogen and oxygen atoms in total. The summed E-state index contributed by atoms with van der Waals surface area (Å²) in [6.45, 7) is 15.1. The predicted molar refractivity (Wildman–Crippen MR) is 124 cm³/mol. The summed E-state index contributed by atoms with van der Waals surface area (Å²) in [7, 11) is 0. The molecule has 166 valence electrons. The van der Waals surface area contributed by atoms with Crippen LogP contribution in [0.2, 0.25) is 0 Å². The summed E-state index contributed by atoms with van der Waals surface area (Å²) < 4.78 is 0. The van der Waals surface area contributed by atoms with E-state index in [-0.39, 0.29) is 6.10 Å². The zero-order chi connectivity index (χ0) is 21.0. The summed E-state index contributed by atoms with van der Waals surface area (Å²) in [4.78, 5) is 0. The van der Waals surface area contributed by atoms with E-state index in [1.54, 1.807) is 5.57 Å². The highest BCUT2D eigenvalue weighted by Crippen LogP contribution is 2.67. The number of allylic oxidation sites excluding steroid dienone is 1. The van der Waals surface area contributed by atoms with Crippen molar-refractivity contribution in [2.24, 2.45) is 52.3 Å². The van der Waals surface area contributed by atoms with Gasteiger partial charge >= 0.3 is 0 Å². The molecule has 0 aliphatic heterocycles. The van der Waals surface area contributed by atoms with Crippen molar-refractivity contribution in [2.75, 3.05) is 0 Å². The van der Waals surface area contributed by atoms with E-state index in [9.17, 15) is 5.11 Å². The fourth-order valence-electron chi connectivity index (χ4n) is 8.68. The third-order valence-electron chi connectivity index (χ3n) is 11.1. The molecule has 0 amide bonds. The normalized spacial score (nSPS) is 46.5. The Bertz CT molecular complexity index is 620.